The quantitative estimate of drug-likeness (QED) is 0.318. The average Bonchev–Trinajstić information content (AvgIpc) is 3.15. The number of thiophene rings is 1. The molecule has 0 fully saturated rings. The van der Waals surface area contributed by atoms with Crippen molar-refractivity contribution in [3.05, 3.63) is 83.2 Å². The minimum atomic E-state index is -0.00497. The molecule has 1 atom stereocenters. The first-order valence-electron chi connectivity index (χ1n) is 11.2. The number of fused-ring (bicyclic) bond motifs is 5. The number of carbonyl (C=O) groups excluding carboxylic acids is 1. The van der Waals surface area contributed by atoms with E-state index in [0.29, 0.717) is 6.54 Å². The van der Waals surface area contributed by atoms with Crippen molar-refractivity contribution in [1.82, 2.24) is 10.3 Å². The molecule has 0 saturated carbocycles. The van der Waals surface area contributed by atoms with E-state index in [0.717, 1.165) is 42.8 Å². The minimum Gasteiger partial charge on any atom is -0.381 e. The van der Waals surface area contributed by atoms with Gasteiger partial charge in [-0.3, -0.25) is 4.79 Å². The van der Waals surface area contributed by atoms with Crippen molar-refractivity contribution in [2.24, 2.45) is 0 Å². The Balaban J connectivity index is 1.50. The van der Waals surface area contributed by atoms with Crippen LogP contribution in [-0.2, 0) is 0 Å². The fraction of sp³-hybridized carbons (Fsp3) is 0.143. The average molecular weight is 450 g/mol. The Morgan fingerprint density at radius 2 is 1.76 bits per heavy atom. The highest BCUT2D eigenvalue weighted by atomic mass is 32.1. The second-order valence-electron chi connectivity index (χ2n) is 8.72. The van der Waals surface area contributed by atoms with E-state index in [4.69, 9.17) is 4.98 Å². The van der Waals surface area contributed by atoms with Crippen molar-refractivity contribution in [2.45, 2.75) is 19.9 Å². The topological polar surface area (TPSA) is 54.0 Å². The van der Waals surface area contributed by atoms with Gasteiger partial charge in [0.1, 0.15) is 4.88 Å². The molecule has 33 heavy (non-hydrogen) atoms. The maximum absolute atomic E-state index is 12.7. The van der Waals surface area contributed by atoms with Gasteiger partial charge in [0.25, 0.3) is 5.91 Å². The highest BCUT2D eigenvalue weighted by molar-refractivity contribution is 7.21. The highest BCUT2D eigenvalue weighted by Gasteiger charge is 2.24. The molecule has 1 amide bonds. The number of hydrogen-bond donors (Lipinski definition) is 2. The number of pyridine rings is 1. The van der Waals surface area contributed by atoms with Crippen LogP contribution in [0.4, 0.5) is 5.69 Å². The molecule has 3 heterocycles. The molecule has 0 aliphatic carbocycles. The molecule has 5 heteroatoms. The van der Waals surface area contributed by atoms with E-state index in [9.17, 15) is 4.79 Å². The Kier molecular flexibility index (Phi) is 4.66. The van der Waals surface area contributed by atoms with E-state index in [-0.39, 0.29) is 11.9 Å². The van der Waals surface area contributed by atoms with Crippen LogP contribution < -0.4 is 10.6 Å². The van der Waals surface area contributed by atoms with Crippen LogP contribution in [0.3, 0.4) is 0 Å². The summed E-state index contributed by atoms with van der Waals surface area (Å²) in [5, 5.41) is 8.71. The number of anilines is 1. The number of rotatable bonds is 2. The van der Waals surface area contributed by atoms with E-state index >= 15 is 0 Å². The Bertz CT molecular complexity index is 1540. The lowest BCUT2D eigenvalue weighted by atomic mass is 9.98. The van der Waals surface area contributed by atoms with Gasteiger partial charge in [0.2, 0.25) is 0 Å². The van der Waals surface area contributed by atoms with Crippen molar-refractivity contribution in [1.29, 1.82) is 0 Å². The zero-order chi connectivity index (χ0) is 22.5. The van der Waals surface area contributed by atoms with Gasteiger partial charge in [-0.05, 0) is 66.9 Å². The zero-order valence-electron chi connectivity index (χ0n) is 18.5. The fourth-order valence-electron chi connectivity index (χ4n) is 4.61. The largest absolute Gasteiger partial charge is 0.381 e. The van der Waals surface area contributed by atoms with E-state index in [1.54, 1.807) is 0 Å². The highest BCUT2D eigenvalue weighted by Crippen LogP contribution is 2.41. The predicted molar refractivity (Wildman–Crippen MR) is 138 cm³/mol. The number of aromatic nitrogens is 1. The van der Waals surface area contributed by atoms with Gasteiger partial charge in [-0.25, -0.2) is 4.98 Å². The van der Waals surface area contributed by atoms with Crippen molar-refractivity contribution >= 4 is 43.9 Å². The van der Waals surface area contributed by atoms with Crippen molar-refractivity contribution in [3.8, 4) is 22.4 Å². The third-order valence-electron chi connectivity index (χ3n) is 6.17. The molecule has 2 aromatic heterocycles. The smallest absolute Gasteiger partial charge is 0.263 e. The van der Waals surface area contributed by atoms with Crippen molar-refractivity contribution in [3.63, 3.8) is 0 Å². The summed E-state index contributed by atoms with van der Waals surface area (Å²) in [4.78, 5) is 18.5. The number of nitrogens with one attached hydrogen (secondary N) is 2. The number of aryl methyl sites for hydroxylation is 1. The molecule has 4 nitrogen and oxygen atoms in total. The maximum atomic E-state index is 12.7. The van der Waals surface area contributed by atoms with Crippen LogP contribution >= 0.6 is 11.3 Å². The van der Waals surface area contributed by atoms with Gasteiger partial charge in [-0.15, -0.1) is 11.3 Å². The maximum Gasteiger partial charge on any atom is 0.263 e. The van der Waals surface area contributed by atoms with Crippen LogP contribution in [0.25, 0.3) is 43.4 Å². The van der Waals surface area contributed by atoms with Crippen LogP contribution in [-0.4, -0.2) is 23.5 Å². The number of carbonyl (C=O) groups is 1. The lowest BCUT2D eigenvalue weighted by Crippen LogP contribution is -2.34. The van der Waals surface area contributed by atoms with E-state index in [1.807, 2.05) is 13.0 Å². The van der Waals surface area contributed by atoms with Gasteiger partial charge in [0, 0.05) is 33.6 Å². The summed E-state index contributed by atoms with van der Waals surface area (Å²) >= 11 is 1.54. The molecule has 1 aliphatic rings. The summed E-state index contributed by atoms with van der Waals surface area (Å²) in [7, 11) is 0. The first-order valence-corrected chi connectivity index (χ1v) is 12.0. The first-order chi connectivity index (χ1) is 16.1. The fourth-order valence-corrected chi connectivity index (χ4v) is 5.71. The molecule has 6 rings (SSSR count). The van der Waals surface area contributed by atoms with Crippen molar-refractivity contribution in [2.75, 3.05) is 11.9 Å². The molecule has 0 unspecified atom stereocenters. The Morgan fingerprint density at radius 1 is 0.939 bits per heavy atom. The molecule has 5 aromatic rings. The SMILES string of the molecule is Cc1cc(-c2ccccc2)cc(-c2ccc3c(ccc4sc5c(c43)NC[C@@H](C)NC5=O)n2)c1. The van der Waals surface area contributed by atoms with Gasteiger partial charge in [0.15, 0.2) is 0 Å². The second-order valence-corrected chi connectivity index (χ2v) is 9.77. The summed E-state index contributed by atoms with van der Waals surface area (Å²) in [5.41, 5.74) is 7.51. The Hall–Kier alpha value is -3.70. The number of hydrogen-bond acceptors (Lipinski definition) is 4. The summed E-state index contributed by atoms with van der Waals surface area (Å²) in [6, 6.07) is 25.5. The Labute approximate surface area is 196 Å². The van der Waals surface area contributed by atoms with Gasteiger partial charge in [0.05, 0.1) is 16.9 Å². The normalized spacial score (nSPS) is 15.7. The van der Waals surface area contributed by atoms with Gasteiger partial charge >= 0.3 is 0 Å². The van der Waals surface area contributed by atoms with Gasteiger partial charge in [-0.2, -0.15) is 0 Å². The number of nitrogens with zero attached hydrogens (tertiary/aromatic N) is 1. The van der Waals surface area contributed by atoms with Crippen LogP contribution in [0.5, 0.6) is 0 Å². The predicted octanol–water partition coefficient (Wildman–Crippen LogP) is 6.64. The number of amides is 1. The Morgan fingerprint density at radius 3 is 2.61 bits per heavy atom. The summed E-state index contributed by atoms with van der Waals surface area (Å²) in [5.74, 6) is -0.00497. The standard InChI is InChI=1S/C28H23N3OS/c1-16-12-19(18-6-4-3-5-7-18)14-20(13-16)22-9-8-21-23(31-22)10-11-24-25(21)26-27(33-24)28(32)30-17(2)15-29-26/h3-14,17,29H,15H2,1-2H3,(H,30,32)/t17-/m1/s1. The molecule has 0 radical (unpaired) electrons. The lowest BCUT2D eigenvalue weighted by molar-refractivity contribution is 0.0949. The molecular weight excluding hydrogens is 426 g/mol. The summed E-state index contributed by atoms with van der Waals surface area (Å²) < 4.78 is 1.10. The molecule has 0 spiro atoms. The van der Waals surface area contributed by atoms with Crippen molar-refractivity contribution < 1.29 is 4.79 Å². The third kappa shape index (κ3) is 3.45. The lowest BCUT2D eigenvalue weighted by Gasteiger charge is -2.11. The van der Waals surface area contributed by atoms with E-state index in [2.05, 4.69) is 84.3 Å². The van der Waals surface area contributed by atoms with Crippen LogP contribution in [0.2, 0.25) is 0 Å². The molecular formula is C28H23N3OS. The van der Waals surface area contributed by atoms with Gasteiger partial charge in [-0.1, -0.05) is 36.4 Å². The zero-order valence-corrected chi connectivity index (χ0v) is 19.3. The second kappa shape index (κ2) is 7.71. The van der Waals surface area contributed by atoms with E-state index < -0.39 is 0 Å². The molecule has 2 N–H and O–H groups in total. The van der Waals surface area contributed by atoms with Crippen LogP contribution in [0, 0.1) is 6.92 Å². The summed E-state index contributed by atoms with van der Waals surface area (Å²) in [6.45, 7) is 4.85. The monoisotopic (exact) mass is 449 g/mol. The molecule has 1 aliphatic heterocycles. The number of benzene rings is 3. The van der Waals surface area contributed by atoms with Crippen LogP contribution in [0.15, 0.2) is 72.8 Å². The van der Waals surface area contributed by atoms with Gasteiger partial charge < -0.3 is 10.6 Å². The molecule has 162 valence electrons. The minimum absolute atomic E-state index is 0.00497. The molecule has 3 aromatic carbocycles. The van der Waals surface area contributed by atoms with E-state index in [1.165, 1.54) is 28.0 Å². The van der Waals surface area contributed by atoms with Crippen LogP contribution in [0.1, 0.15) is 22.2 Å². The summed E-state index contributed by atoms with van der Waals surface area (Å²) in [6.07, 6.45) is 0. The molecule has 0 saturated heterocycles. The third-order valence-corrected chi connectivity index (χ3v) is 7.32. The molecule has 0 bridgehead atoms. The first kappa shape index (κ1) is 19.9.